The fourth-order valence-corrected chi connectivity index (χ4v) is 4.28. The Morgan fingerprint density at radius 3 is 2.44 bits per heavy atom. The third-order valence-corrected chi connectivity index (χ3v) is 5.54. The second kappa shape index (κ2) is 6.65. The summed E-state index contributed by atoms with van der Waals surface area (Å²) in [4.78, 5) is 1.59. The molecule has 1 fully saturated rings. The molecule has 1 aliphatic heterocycles. The lowest BCUT2D eigenvalue weighted by atomic mass is 9.86. The van der Waals surface area contributed by atoms with Gasteiger partial charge in [-0.15, -0.1) is 11.8 Å². The van der Waals surface area contributed by atoms with Crippen molar-refractivity contribution >= 4 is 11.8 Å². The molecule has 0 saturated heterocycles. The van der Waals surface area contributed by atoms with Crippen molar-refractivity contribution in [2.24, 2.45) is 11.8 Å². The molecule has 1 saturated carbocycles. The summed E-state index contributed by atoms with van der Waals surface area (Å²) < 4.78 is 0. The van der Waals surface area contributed by atoms with E-state index in [1.807, 2.05) is 0 Å². The molecule has 0 unspecified atom stereocenters. The third kappa shape index (κ3) is 3.78. The van der Waals surface area contributed by atoms with Gasteiger partial charge in [0, 0.05) is 5.75 Å². The van der Waals surface area contributed by atoms with Gasteiger partial charge in [-0.2, -0.15) is 0 Å². The highest BCUT2D eigenvalue weighted by Crippen LogP contribution is 2.39. The van der Waals surface area contributed by atoms with Crippen molar-refractivity contribution in [1.29, 1.82) is 0 Å². The van der Waals surface area contributed by atoms with E-state index in [1.165, 1.54) is 55.4 Å². The molecule has 0 aromatic heterocycles. The van der Waals surface area contributed by atoms with E-state index < -0.39 is 0 Å². The predicted octanol–water partition coefficient (Wildman–Crippen LogP) is 5.73. The van der Waals surface area contributed by atoms with E-state index in [0.717, 1.165) is 18.3 Å². The summed E-state index contributed by atoms with van der Waals surface area (Å²) >= 11 is 2.05. The van der Waals surface area contributed by atoms with Crippen LogP contribution in [-0.2, 0) is 0 Å². The van der Waals surface area contributed by atoms with Gasteiger partial charge in [0.2, 0.25) is 0 Å². The standard InChI is InChI=1S/C17H26S/c1-13-6-4-8-16(9-5-7-13)17-12-15(3)14(2)10-11-18-17/h12-13,16H,2-11H2,1H3. The van der Waals surface area contributed by atoms with Crippen molar-refractivity contribution in [1.82, 2.24) is 0 Å². The van der Waals surface area contributed by atoms with Gasteiger partial charge in [0.25, 0.3) is 0 Å². The zero-order valence-corrected chi connectivity index (χ0v) is 12.5. The smallest absolute Gasteiger partial charge is 0.00174 e. The van der Waals surface area contributed by atoms with Crippen molar-refractivity contribution in [2.45, 2.75) is 51.9 Å². The molecule has 1 heterocycles. The predicted molar refractivity (Wildman–Crippen MR) is 83.8 cm³/mol. The molecule has 0 nitrogen and oxygen atoms in total. The molecule has 0 atom stereocenters. The summed E-state index contributed by atoms with van der Waals surface area (Å²) in [6.45, 7) is 10.7. The lowest BCUT2D eigenvalue weighted by Gasteiger charge is -2.24. The van der Waals surface area contributed by atoms with Crippen molar-refractivity contribution in [2.75, 3.05) is 5.75 Å². The summed E-state index contributed by atoms with van der Waals surface area (Å²) in [6, 6.07) is 0. The maximum atomic E-state index is 4.17. The summed E-state index contributed by atoms with van der Waals surface area (Å²) in [7, 11) is 0. The molecule has 0 bridgehead atoms. The number of hydrogen-bond donors (Lipinski definition) is 0. The molecule has 0 aromatic carbocycles. The van der Waals surface area contributed by atoms with Crippen LogP contribution in [0.4, 0.5) is 0 Å². The van der Waals surface area contributed by atoms with Crippen LogP contribution in [0.3, 0.4) is 0 Å². The van der Waals surface area contributed by atoms with E-state index >= 15 is 0 Å². The van der Waals surface area contributed by atoms with Gasteiger partial charge in [0.1, 0.15) is 0 Å². The van der Waals surface area contributed by atoms with Gasteiger partial charge in [0.15, 0.2) is 0 Å². The third-order valence-electron chi connectivity index (χ3n) is 4.34. The van der Waals surface area contributed by atoms with Crippen LogP contribution in [0.5, 0.6) is 0 Å². The van der Waals surface area contributed by atoms with Crippen LogP contribution in [-0.4, -0.2) is 5.75 Å². The molecule has 18 heavy (non-hydrogen) atoms. The maximum absolute atomic E-state index is 4.17. The van der Waals surface area contributed by atoms with E-state index in [2.05, 4.69) is 37.9 Å². The molecule has 100 valence electrons. The average Bonchev–Trinajstić information content (AvgIpc) is 2.47. The SMILES string of the molecule is C=C1C=C(C2CCCC(C)CCC2)SCCC1=C. The minimum atomic E-state index is 0.796. The summed E-state index contributed by atoms with van der Waals surface area (Å²) in [5, 5.41) is 0. The minimum absolute atomic E-state index is 0.796. The summed E-state index contributed by atoms with van der Waals surface area (Å²) in [6.07, 6.45) is 11.8. The first kappa shape index (κ1) is 14.0. The van der Waals surface area contributed by atoms with Crippen LogP contribution in [0.1, 0.15) is 51.9 Å². The summed E-state index contributed by atoms with van der Waals surface area (Å²) in [5.74, 6) is 2.93. The fourth-order valence-electron chi connectivity index (χ4n) is 3.00. The Morgan fingerprint density at radius 1 is 1.11 bits per heavy atom. The van der Waals surface area contributed by atoms with Crippen molar-refractivity contribution < 1.29 is 0 Å². The molecule has 2 aliphatic rings. The van der Waals surface area contributed by atoms with Crippen LogP contribution < -0.4 is 0 Å². The second-order valence-corrected chi connectivity index (χ2v) is 7.11. The number of rotatable bonds is 1. The van der Waals surface area contributed by atoms with Gasteiger partial charge in [-0.3, -0.25) is 0 Å². The molecular weight excluding hydrogens is 236 g/mol. The lowest BCUT2D eigenvalue weighted by molar-refractivity contribution is 0.363. The quantitative estimate of drug-likeness (QED) is 0.582. The van der Waals surface area contributed by atoms with E-state index in [9.17, 15) is 0 Å². The number of hydrogen-bond acceptors (Lipinski definition) is 1. The normalized spacial score (nSPS) is 31.3. The second-order valence-electron chi connectivity index (χ2n) is 5.94. The van der Waals surface area contributed by atoms with Crippen LogP contribution >= 0.6 is 11.8 Å². The van der Waals surface area contributed by atoms with E-state index in [-0.39, 0.29) is 0 Å². The van der Waals surface area contributed by atoms with Gasteiger partial charge in [-0.25, -0.2) is 0 Å². The van der Waals surface area contributed by atoms with E-state index in [0.29, 0.717) is 0 Å². The van der Waals surface area contributed by atoms with Crippen molar-refractivity contribution in [3.05, 3.63) is 35.3 Å². The summed E-state index contributed by atoms with van der Waals surface area (Å²) in [5.41, 5.74) is 2.40. The van der Waals surface area contributed by atoms with Gasteiger partial charge in [-0.05, 0) is 53.2 Å². The average molecular weight is 262 g/mol. The molecular formula is C17H26S. The Morgan fingerprint density at radius 2 is 1.78 bits per heavy atom. The Hall–Kier alpha value is -0.430. The first-order valence-electron chi connectivity index (χ1n) is 7.38. The molecule has 0 N–H and O–H groups in total. The zero-order chi connectivity index (χ0) is 13.0. The molecule has 2 rings (SSSR count). The van der Waals surface area contributed by atoms with E-state index in [1.54, 1.807) is 4.91 Å². The maximum Gasteiger partial charge on any atom is 0.00174 e. The van der Waals surface area contributed by atoms with Gasteiger partial charge >= 0.3 is 0 Å². The highest BCUT2D eigenvalue weighted by atomic mass is 32.2. The Labute approximate surface area is 117 Å². The number of allylic oxidation sites excluding steroid dienone is 4. The molecule has 0 aromatic rings. The van der Waals surface area contributed by atoms with Gasteiger partial charge in [-0.1, -0.05) is 45.8 Å². The highest BCUT2D eigenvalue weighted by molar-refractivity contribution is 8.03. The van der Waals surface area contributed by atoms with Gasteiger partial charge in [0.05, 0.1) is 0 Å². The molecule has 0 spiro atoms. The van der Waals surface area contributed by atoms with Crippen molar-refractivity contribution in [3.8, 4) is 0 Å². The molecule has 0 radical (unpaired) electrons. The monoisotopic (exact) mass is 262 g/mol. The fraction of sp³-hybridized carbons (Fsp3) is 0.647. The molecule has 1 heteroatoms. The van der Waals surface area contributed by atoms with Crippen LogP contribution in [0.25, 0.3) is 0 Å². The Balaban J connectivity index is 2.02. The Bertz CT molecular complexity index is 341. The highest BCUT2D eigenvalue weighted by Gasteiger charge is 2.20. The van der Waals surface area contributed by atoms with Crippen LogP contribution in [0.15, 0.2) is 35.3 Å². The van der Waals surface area contributed by atoms with Crippen LogP contribution in [0.2, 0.25) is 0 Å². The molecule has 0 amide bonds. The lowest BCUT2D eigenvalue weighted by Crippen LogP contribution is -2.09. The van der Waals surface area contributed by atoms with E-state index in [4.69, 9.17) is 0 Å². The number of thioether (sulfide) groups is 1. The first-order chi connectivity index (χ1) is 8.66. The Kier molecular flexibility index (Phi) is 5.17. The first-order valence-corrected chi connectivity index (χ1v) is 8.37. The minimum Gasteiger partial charge on any atom is -0.130 e. The molecule has 1 aliphatic carbocycles. The topological polar surface area (TPSA) is 0 Å². The van der Waals surface area contributed by atoms with Crippen LogP contribution in [0, 0.1) is 11.8 Å². The zero-order valence-electron chi connectivity index (χ0n) is 11.7. The largest absolute Gasteiger partial charge is 0.130 e. The van der Waals surface area contributed by atoms with Crippen molar-refractivity contribution in [3.63, 3.8) is 0 Å². The van der Waals surface area contributed by atoms with Gasteiger partial charge < -0.3 is 0 Å².